The van der Waals surface area contributed by atoms with E-state index in [4.69, 9.17) is 10.8 Å². The minimum Gasteiger partial charge on any atom is -0.395 e. The summed E-state index contributed by atoms with van der Waals surface area (Å²) in [6.07, 6.45) is 3.03. The molecule has 0 aliphatic heterocycles. The van der Waals surface area contributed by atoms with Crippen LogP contribution in [0.25, 0.3) is 0 Å². The average Bonchev–Trinajstić information content (AvgIpc) is 2.40. The van der Waals surface area contributed by atoms with Gasteiger partial charge in [-0.05, 0) is 5.56 Å². The summed E-state index contributed by atoms with van der Waals surface area (Å²) >= 11 is 0. The topological polar surface area (TPSA) is 75.3 Å². The molecular weight excluding hydrogens is 228 g/mol. The van der Waals surface area contributed by atoms with Crippen molar-refractivity contribution in [1.82, 2.24) is 9.97 Å². The van der Waals surface area contributed by atoms with Gasteiger partial charge in [-0.15, -0.1) is 0 Å². The summed E-state index contributed by atoms with van der Waals surface area (Å²) in [7, 11) is 0. The Bertz CT molecular complexity index is 489. The third kappa shape index (κ3) is 2.95. The van der Waals surface area contributed by atoms with Crippen molar-refractivity contribution in [2.45, 2.75) is 6.54 Å². The van der Waals surface area contributed by atoms with Crippen molar-refractivity contribution in [2.75, 3.05) is 23.8 Å². The molecule has 94 valence electrons. The van der Waals surface area contributed by atoms with Gasteiger partial charge >= 0.3 is 0 Å². The molecule has 0 bridgehead atoms. The van der Waals surface area contributed by atoms with Gasteiger partial charge < -0.3 is 15.7 Å². The minimum atomic E-state index is 0.0519. The Kier molecular flexibility index (Phi) is 4.09. The predicted octanol–water partition coefficient (Wildman–Crippen LogP) is 1.06. The Morgan fingerprint density at radius 1 is 1.22 bits per heavy atom. The van der Waals surface area contributed by atoms with E-state index < -0.39 is 0 Å². The molecule has 0 amide bonds. The fraction of sp³-hybridized carbons (Fsp3) is 0.231. The van der Waals surface area contributed by atoms with Gasteiger partial charge in [0.2, 0.25) is 0 Å². The summed E-state index contributed by atoms with van der Waals surface area (Å²) in [5, 5.41) is 9.14. The Hall–Kier alpha value is -2.14. The van der Waals surface area contributed by atoms with E-state index in [0.29, 0.717) is 24.6 Å². The number of benzene rings is 1. The van der Waals surface area contributed by atoms with Gasteiger partial charge in [0.05, 0.1) is 18.5 Å². The Morgan fingerprint density at radius 3 is 2.67 bits per heavy atom. The SMILES string of the molecule is Nc1cncnc1N(CCO)Cc1ccccc1. The monoisotopic (exact) mass is 244 g/mol. The molecule has 0 saturated heterocycles. The molecule has 2 rings (SSSR count). The lowest BCUT2D eigenvalue weighted by molar-refractivity contribution is 0.301. The molecule has 0 unspecified atom stereocenters. The number of nitrogens with zero attached hydrogens (tertiary/aromatic N) is 3. The van der Waals surface area contributed by atoms with Crippen LogP contribution in [-0.4, -0.2) is 28.2 Å². The highest BCUT2D eigenvalue weighted by Gasteiger charge is 2.11. The Balaban J connectivity index is 2.21. The Morgan fingerprint density at radius 2 is 2.00 bits per heavy atom. The molecule has 3 N–H and O–H groups in total. The van der Waals surface area contributed by atoms with Crippen LogP contribution in [0.15, 0.2) is 42.9 Å². The van der Waals surface area contributed by atoms with Crippen molar-refractivity contribution in [1.29, 1.82) is 0 Å². The van der Waals surface area contributed by atoms with Crippen molar-refractivity contribution < 1.29 is 5.11 Å². The van der Waals surface area contributed by atoms with Crippen molar-refractivity contribution >= 4 is 11.5 Å². The van der Waals surface area contributed by atoms with Crippen molar-refractivity contribution in [2.24, 2.45) is 0 Å². The first-order valence-corrected chi connectivity index (χ1v) is 5.76. The number of hydrogen-bond acceptors (Lipinski definition) is 5. The molecule has 0 fully saturated rings. The van der Waals surface area contributed by atoms with Gasteiger partial charge in [0.25, 0.3) is 0 Å². The summed E-state index contributed by atoms with van der Waals surface area (Å²) in [4.78, 5) is 9.98. The molecule has 0 aliphatic carbocycles. The molecule has 0 aliphatic rings. The third-order valence-electron chi connectivity index (χ3n) is 2.60. The second kappa shape index (κ2) is 5.97. The maximum absolute atomic E-state index is 9.14. The Labute approximate surface area is 106 Å². The lowest BCUT2D eigenvalue weighted by Crippen LogP contribution is -2.27. The second-order valence-corrected chi connectivity index (χ2v) is 3.93. The van der Waals surface area contributed by atoms with Crippen LogP contribution in [-0.2, 0) is 6.54 Å². The van der Waals surface area contributed by atoms with Crippen molar-refractivity contribution in [3.05, 3.63) is 48.4 Å². The maximum Gasteiger partial charge on any atom is 0.155 e. The fourth-order valence-electron chi connectivity index (χ4n) is 1.78. The number of rotatable bonds is 5. The van der Waals surface area contributed by atoms with Gasteiger partial charge in [-0.3, -0.25) is 0 Å². The quantitative estimate of drug-likeness (QED) is 0.822. The molecule has 1 aromatic carbocycles. The maximum atomic E-state index is 9.14. The highest BCUT2D eigenvalue weighted by atomic mass is 16.3. The molecule has 0 atom stereocenters. The van der Waals surface area contributed by atoms with Crippen LogP contribution in [0, 0.1) is 0 Å². The van der Waals surface area contributed by atoms with Crippen molar-refractivity contribution in [3.8, 4) is 0 Å². The largest absolute Gasteiger partial charge is 0.395 e. The molecule has 1 aromatic heterocycles. The van der Waals surface area contributed by atoms with E-state index in [9.17, 15) is 0 Å². The molecule has 0 saturated carbocycles. The summed E-state index contributed by atoms with van der Waals surface area (Å²) < 4.78 is 0. The van der Waals surface area contributed by atoms with E-state index in [-0.39, 0.29) is 6.61 Å². The second-order valence-electron chi connectivity index (χ2n) is 3.93. The van der Waals surface area contributed by atoms with E-state index in [0.717, 1.165) is 5.56 Å². The number of aliphatic hydroxyl groups excluding tert-OH is 1. The zero-order valence-corrected chi connectivity index (χ0v) is 10.0. The standard InChI is InChI=1S/C13H16N4O/c14-12-8-15-10-16-13(12)17(6-7-18)9-11-4-2-1-3-5-11/h1-5,8,10,18H,6-7,9,14H2. The van der Waals surface area contributed by atoms with Crippen LogP contribution in [0.5, 0.6) is 0 Å². The molecule has 0 spiro atoms. The highest BCUT2D eigenvalue weighted by Crippen LogP contribution is 2.19. The lowest BCUT2D eigenvalue weighted by Gasteiger charge is -2.23. The number of hydrogen-bond donors (Lipinski definition) is 2. The van der Waals surface area contributed by atoms with Crippen LogP contribution >= 0.6 is 0 Å². The van der Waals surface area contributed by atoms with E-state index in [1.165, 1.54) is 6.33 Å². The summed E-state index contributed by atoms with van der Waals surface area (Å²) in [5.74, 6) is 0.655. The first-order valence-electron chi connectivity index (χ1n) is 5.76. The third-order valence-corrected chi connectivity index (χ3v) is 2.60. The summed E-state index contributed by atoms with van der Waals surface area (Å²) in [6, 6.07) is 9.99. The number of nitrogens with two attached hydrogens (primary N) is 1. The van der Waals surface area contributed by atoms with E-state index in [1.807, 2.05) is 35.2 Å². The van der Waals surface area contributed by atoms with Crippen LogP contribution in [0.3, 0.4) is 0 Å². The van der Waals surface area contributed by atoms with Crippen molar-refractivity contribution in [3.63, 3.8) is 0 Å². The van der Waals surface area contributed by atoms with Gasteiger partial charge in [-0.1, -0.05) is 30.3 Å². The van der Waals surface area contributed by atoms with Gasteiger partial charge in [-0.25, -0.2) is 9.97 Å². The number of anilines is 2. The van der Waals surface area contributed by atoms with Gasteiger partial charge in [0.1, 0.15) is 6.33 Å². The van der Waals surface area contributed by atoms with Gasteiger partial charge in [0, 0.05) is 13.1 Å². The van der Waals surface area contributed by atoms with Crippen LogP contribution < -0.4 is 10.6 Å². The average molecular weight is 244 g/mol. The molecule has 1 heterocycles. The smallest absolute Gasteiger partial charge is 0.155 e. The van der Waals surface area contributed by atoms with E-state index in [2.05, 4.69) is 9.97 Å². The van der Waals surface area contributed by atoms with Crippen LogP contribution in [0.2, 0.25) is 0 Å². The molecule has 5 heteroatoms. The molecule has 2 aromatic rings. The summed E-state index contributed by atoms with van der Waals surface area (Å²) in [5.41, 5.74) is 7.52. The predicted molar refractivity (Wildman–Crippen MR) is 71.0 cm³/mol. The molecule has 5 nitrogen and oxygen atoms in total. The number of aromatic nitrogens is 2. The minimum absolute atomic E-state index is 0.0519. The normalized spacial score (nSPS) is 10.3. The molecule has 18 heavy (non-hydrogen) atoms. The number of nitrogen functional groups attached to an aromatic ring is 1. The zero-order valence-electron chi connectivity index (χ0n) is 10.0. The lowest BCUT2D eigenvalue weighted by atomic mass is 10.2. The first kappa shape index (κ1) is 12.3. The van der Waals surface area contributed by atoms with E-state index in [1.54, 1.807) is 6.20 Å². The molecule has 0 radical (unpaired) electrons. The fourth-order valence-corrected chi connectivity index (χ4v) is 1.78. The molecular formula is C13H16N4O. The van der Waals surface area contributed by atoms with Crippen LogP contribution in [0.4, 0.5) is 11.5 Å². The van der Waals surface area contributed by atoms with Crippen LogP contribution in [0.1, 0.15) is 5.56 Å². The number of aliphatic hydroxyl groups is 1. The van der Waals surface area contributed by atoms with E-state index >= 15 is 0 Å². The first-order chi connectivity index (χ1) is 8.81. The zero-order chi connectivity index (χ0) is 12.8. The van der Waals surface area contributed by atoms with Gasteiger partial charge in [0.15, 0.2) is 5.82 Å². The highest BCUT2D eigenvalue weighted by molar-refractivity contribution is 5.61. The van der Waals surface area contributed by atoms with Gasteiger partial charge in [-0.2, -0.15) is 0 Å². The summed E-state index contributed by atoms with van der Waals surface area (Å²) in [6.45, 7) is 1.19.